The number of H-pyrrole nitrogens is 1. The van der Waals surface area contributed by atoms with Gasteiger partial charge in [-0.1, -0.05) is 218 Å². The highest BCUT2D eigenvalue weighted by atomic mass is 35.5. The van der Waals surface area contributed by atoms with Gasteiger partial charge < -0.3 is 14.1 Å². The molecule has 0 atom stereocenters. The van der Waals surface area contributed by atoms with E-state index in [0.29, 0.717) is 5.95 Å². The van der Waals surface area contributed by atoms with Crippen LogP contribution in [-0.4, -0.2) is 48.6 Å². The number of halogens is 1. The lowest BCUT2D eigenvalue weighted by Crippen LogP contribution is -2.04. The molecule has 0 bridgehead atoms. The van der Waals surface area contributed by atoms with Crippen molar-refractivity contribution in [2.45, 2.75) is 0 Å². The van der Waals surface area contributed by atoms with E-state index in [9.17, 15) is 0 Å². The summed E-state index contributed by atoms with van der Waals surface area (Å²) in [5, 5.41) is 4.83. The lowest BCUT2D eigenvalue weighted by Gasteiger charge is -2.12. The number of benzene rings is 10. The maximum absolute atomic E-state index is 6.03. The van der Waals surface area contributed by atoms with Gasteiger partial charge in [-0.05, 0) is 108 Å². The third-order valence-corrected chi connectivity index (χ3v) is 17.0. The predicted octanol–water partition coefficient (Wildman–Crippen LogP) is 20.7. The molecule has 0 saturated carbocycles. The number of aromatic nitrogens is 10. The van der Waals surface area contributed by atoms with Crippen molar-refractivity contribution in [1.29, 1.82) is 0 Å². The van der Waals surface area contributed by atoms with Crippen LogP contribution in [-0.2, 0) is 0 Å². The average molecular weight is 1220 g/mol. The summed E-state index contributed by atoms with van der Waals surface area (Å²) in [5.41, 5.74) is 22.9. The van der Waals surface area contributed by atoms with Crippen molar-refractivity contribution in [3.8, 4) is 84.6 Å². The summed E-state index contributed by atoms with van der Waals surface area (Å²) in [7, 11) is 0. The molecule has 18 rings (SSSR count). The lowest BCUT2D eigenvalue weighted by atomic mass is 10.0. The van der Waals surface area contributed by atoms with Crippen molar-refractivity contribution in [3.63, 3.8) is 0 Å². The number of para-hydroxylation sites is 2. The normalized spacial score (nSPS) is 11.3. The van der Waals surface area contributed by atoms with Crippen LogP contribution in [0.25, 0.3) is 150 Å². The van der Waals surface area contributed by atoms with E-state index in [2.05, 4.69) is 234 Å². The van der Waals surface area contributed by atoms with Crippen LogP contribution in [0.3, 0.4) is 0 Å². The van der Waals surface area contributed by atoms with Crippen molar-refractivity contribution >= 4 is 77.3 Å². The fourth-order valence-electron chi connectivity index (χ4n) is 12.6. The van der Waals surface area contributed by atoms with Gasteiger partial charge in [0.2, 0.25) is 11.2 Å². The van der Waals surface area contributed by atoms with Crippen LogP contribution in [0.15, 0.2) is 328 Å². The highest BCUT2D eigenvalue weighted by molar-refractivity contribution is 6.28. The Morgan fingerprint density at radius 3 is 1.18 bits per heavy atom. The quantitative estimate of drug-likeness (QED) is 0.144. The van der Waals surface area contributed by atoms with Gasteiger partial charge in [0, 0.05) is 91.1 Å². The van der Waals surface area contributed by atoms with Gasteiger partial charge >= 0.3 is 0 Å². The molecule has 8 heterocycles. The van der Waals surface area contributed by atoms with Gasteiger partial charge in [-0.25, -0.2) is 19.9 Å². The molecule has 440 valence electrons. The number of pyridine rings is 2. The lowest BCUT2D eigenvalue weighted by molar-refractivity contribution is 0.997. The molecule has 10 nitrogen and oxygen atoms in total. The monoisotopic (exact) mass is 1210 g/mol. The van der Waals surface area contributed by atoms with E-state index < -0.39 is 0 Å². The molecule has 0 spiro atoms. The average Bonchev–Trinajstić information content (AvgIpc) is 1.57. The zero-order chi connectivity index (χ0) is 62.0. The molecule has 0 amide bonds. The summed E-state index contributed by atoms with van der Waals surface area (Å²) in [6.07, 6.45) is 8.21. The highest BCUT2D eigenvalue weighted by Gasteiger charge is 2.24. The van der Waals surface area contributed by atoms with Gasteiger partial charge in [-0.3, -0.25) is 14.5 Å². The first kappa shape index (κ1) is 55.9. The van der Waals surface area contributed by atoms with Gasteiger partial charge in [-0.15, -0.1) is 0 Å². The van der Waals surface area contributed by atoms with E-state index in [0.717, 1.165) is 122 Å². The molecule has 0 aliphatic heterocycles. The molecule has 11 heteroatoms. The van der Waals surface area contributed by atoms with Gasteiger partial charge in [0.1, 0.15) is 0 Å². The second kappa shape index (κ2) is 24.5. The summed E-state index contributed by atoms with van der Waals surface area (Å²) in [5.74, 6) is 0.604. The zero-order valence-corrected chi connectivity index (χ0v) is 50.8. The first-order valence-electron chi connectivity index (χ1n) is 30.8. The second-order valence-electron chi connectivity index (χ2n) is 22.5. The van der Waals surface area contributed by atoms with Crippen LogP contribution < -0.4 is 0 Å². The van der Waals surface area contributed by atoms with Crippen LogP contribution in [0, 0.1) is 0 Å². The Hall–Kier alpha value is -12.4. The van der Waals surface area contributed by atoms with E-state index in [1.54, 1.807) is 0 Å². The number of nitrogens with zero attached hydrogens (tertiary/aromatic N) is 9. The Bertz CT molecular complexity index is 5550. The molecule has 1 N–H and O–H groups in total. The molecule has 0 unspecified atom stereocenters. The smallest absolute Gasteiger partial charge is 0.235 e. The molecule has 10 aromatic carbocycles. The summed E-state index contributed by atoms with van der Waals surface area (Å²) >= 11 is 6.03. The Morgan fingerprint density at radius 1 is 0.323 bits per heavy atom. The van der Waals surface area contributed by atoms with E-state index in [1.807, 2.05) is 128 Å². The van der Waals surface area contributed by atoms with Crippen molar-refractivity contribution in [1.82, 2.24) is 48.6 Å². The first-order chi connectivity index (χ1) is 46.1. The summed E-state index contributed by atoms with van der Waals surface area (Å²) in [4.78, 5) is 32.2. The molecule has 0 aliphatic rings. The minimum atomic E-state index is 0.264. The van der Waals surface area contributed by atoms with Crippen molar-refractivity contribution in [2.24, 2.45) is 0 Å². The molecule has 18 aromatic rings. The number of aromatic amines is 1. The van der Waals surface area contributed by atoms with Crippen molar-refractivity contribution < 1.29 is 0 Å². The molecule has 0 fully saturated rings. The first-order valence-corrected chi connectivity index (χ1v) is 31.2. The molecule has 0 aliphatic carbocycles. The van der Waals surface area contributed by atoms with Crippen molar-refractivity contribution in [3.05, 3.63) is 333 Å². The molecule has 8 aromatic heterocycles. The van der Waals surface area contributed by atoms with Crippen LogP contribution >= 0.6 is 11.6 Å². The molecular weight excluding hydrogens is 1160 g/mol. The number of hydrogen-bond donors (Lipinski definition) is 1. The fourth-order valence-corrected chi connectivity index (χ4v) is 12.8. The van der Waals surface area contributed by atoms with Gasteiger partial charge in [0.05, 0.1) is 66.9 Å². The number of nitrogens with one attached hydrogen (secondary N) is 1. The van der Waals surface area contributed by atoms with Crippen LogP contribution in [0.2, 0.25) is 5.28 Å². The third-order valence-electron chi connectivity index (χ3n) is 16.9. The number of rotatable bonds is 9. The number of hydrogen-bond acceptors (Lipinski definition) is 6. The topological polar surface area (TPSA) is 108 Å². The molecule has 0 radical (unpaired) electrons. The SMILES string of the molecule is Clc1nc(-c2ccccc2)cc(-c2ccccc2)n1.c1ccc(-c2cc(-c3ccccc3)nc(-n3c4cccnc4c4ccc5c(c(-c6ccccc6)cn5-c5ccccc5)c43)n2)cc1.c1ccc(-c2cn(-c3ccccc3)c3ccc4c5ncccc5[nH]c4c23)cc1. The van der Waals surface area contributed by atoms with Gasteiger partial charge in [-0.2, -0.15) is 0 Å². The van der Waals surface area contributed by atoms with Gasteiger partial charge in [0.15, 0.2) is 0 Å². The van der Waals surface area contributed by atoms with Crippen molar-refractivity contribution in [2.75, 3.05) is 0 Å². The Labute approximate surface area is 540 Å². The fraction of sp³-hybridized carbons (Fsp3) is 0. The molecular formula is C82H55ClN10. The van der Waals surface area contributed by atoms with Crippen LogP contribution in [0.5, 0.6) is 0 Å². The van der Waals surface area contributed by atoms with E-state index in [1.165, 1.54) is 22.0 Å². The third kappa shape index (κ3) is 10.7. The Kier molecular flexibility index (Phi) is 14.8. The highest BCUT2D eigenvalue weighted by Crippen LogP contribution is 2.43. The van der Waals surface area contributed by atoms with Gasteiger partial charge in [0.25, 0.3) is 0 Å². The maximum atomic E-state index is 6.03. The van der Waals surface area contributed by atoms with Crippen LogP contribution in [0.4, 0.5) is 0 Å². The minimum absolute atomic E-state index is 0.264. The van der Waals surface area contributed by atoms with E-state index in [-0.39, 0.29) is 5.28 Å². The Balaban J connectivity index is 0.000000123. The summed E-state index contributed by atoms with van der Waals surface area (Å²) in [6.45, 7) is 0. The summed E-state index contributed by atoms with van der Waals surface area (Å²) in [6, 6.07) is 104. The van der Waals surface area contributed by atoms with E-state index in [4.69, 9.17) is 26.6 Å². The van der Waals surface area contributed by atoms with E-state index >= 15 is 0 Å². The number of fused-ring (bicyclic) bond motifs is 10. The summed E-state index contributed by atoms with van der Waals surface area (Å²) < 4.78 is 6.76. The standard InChI is InChI=1S/C41H27N5.C25H17N3.C16H11ClN2/c1-5-14-28(15-6-1)33-27-45(31-20-11-4-12-21-31)36-24-23-32-39-37(22-13-25-42-39)46(40(32)38(33)36)41-43-34(29-16-7-2-8-17-29)26-35(44-41)30-18-9-3-10-19-30;1-3-8-17(9-4-1)20-16-28(18-10-5-2-6-11-18)22-14-13-19-24-21(12-7-15-26-24)27-25(19)23(20)22;17-16-18-14(12-7-3-1-4-8-12)11-15(19-16)13-9-5-2-6-10-13/h1-27H;1-16,27H;1-11H. The largest absolute Gasteiger partial charge is 0.353 e. The zero-order valence-electron chi connectivity index (χ0n) is 50.1. The molecule has 93 heavy (non-hydrogen) atoms. The maximum Gasteiger partial charge on any atom is 0.235 e. The molecule has 0 saturated heterocycles. The Morgan fingerprint density at radius 2 is 0.710 bits per heavy atom. The minimum Gasteiger partial charge on any atom is -0.353 e. The second-order valence-corrected chi connectivity index (χ2v) is 22.8. The predicted molar refractivity (Wildman–Crippen MR) is 381 cm³/mol. The van der Waals surface area contributed by atoms with Crippen LogP contribution in [0.1, 0.15) is 0 Å².